The first kappa shape index (κ1) is 24.2. The zero-order valence-corrected chi connectivity index (χ0v) is 18.9. The zero-order valence-electron chi connectivity index (χ0n) is 18.1. The van der Waals surface area contributed by atoms with Crippen molar-refractivity contribution in [3.8, 4) is 5.75 Å². The van der Waals surface area contributed by atoms with Crippen molar-refractivity contribution in [1.29, 1.82) is 0 Å². The van der Waals surface area contributed by atoms with Crippen molar-refractivity contribution in [2.45, 2.75) is 31.1 Å². The first-order valence-electron chi connectivity index (χ1n) is 10.5. The summed E-state index contributed by atoms with van der Waals surface area (Å²) in [5, 5.41) is 13.5. The summed E-state index contributed by atoms with van der Waals surface area (Å²) in [5.74, 6) is 0.0474. The number of hydrogen-bond acceptors (Lipinski definition) is 7. The predicted octanol–water partition coefficient (Wildman–Crippen LogP) is 2.74. The summed E-state index contributed by atoms with van der Waals surface area (Å²) in [7, 11) is -4.29. The van der Waals surface area contributed by atoms with Gasteiger partial charge in [0.2, 0.25) is 5.91 Å². The van der Waals surface area contributed by atoms with Crippen molar-refractivity contribution in [3.05, 3.63) is 64.2 Å². The average molecular weight is 476 g/mol. The van der Waals surface area contributed by atoms with Gasteiger partial charge in [0.25, 0.3) is 11.6 Å². The van der Waals surface area contributed by atoms with Crippen LogP contribution in [0.5, 0.6) is 5.75 Å². The molecule has 176 valence electrons. The molecule has 1 fully saturated rings. The molecule has 3 rings (SSSR count). The molecule has 0 spiro atoms. The van der Waals surface area contributed by atoms with E-state index in [1.165, 1.54) is 42.5 Å². The van der Waals surface area contributed by atoms with E-state index in [4.69, 9.17) is 4.18 Å². The van der Waals surface area contributed by atoms with Crippen LogP contribution in [0.15, 0.2) is 53.4 Å². The summed E-state index contributed by atoms with van der Waals surface area (Å²) in [5.41, 5.74) is -0.103. The van der Waals surface area contributed by atoms with Gasteiger partial charge in [-0.25, -0.2) is 0 Å². The Kier molecular flexibility index (Phi) is 7.64. The fourth-order valence-electron chi connectivity index (χ4n) is 3.55. The number of benzene rings is 2. The quantitative estimate of drug-likeness (QED) is 0.352. The van der Waals surface area contributed by atoms with E-state index >= 15 is 0 Å². The average Bonchev–Trinajstić information content (AvgIpc) is 2.79. The SMILES string of the molecule is CC1CCCN(C(=O)CCNC(=O)c2ccc(OS(=O)(=O)c3cccc([N+](=O)[O-])c3)cc2)C1. The topological polar surface area (TPSA) is 136 Å². The lowest BCUT2D eigenvalue weighted by Gasteiger charge is -2.31. The van der Waals surface area contributed by atoms with Crippen LogP contribution in [0.1, 0.15) is 36.5 Å². The molecule has 1 N–H and O–H groups in total. The molecule has 0 saturated carbocycles. The van der Waals surface area contributed by atoms with E-state index in [1.54, 1.807) is 0 Å². The number of carbonyl (C=O) groups is 2. The van der Waals surface area contributed by atoms with Crippen molar-refractivity contribution < 1.29 is 27.1 Å². The van der Waals surface area contributed by atoms with E-state index < -0.39 is 20.9 Å². The Hall–Kier alpha value is -3.47. The van der Waals surface area contributed by atoms with Crippen LogP contribution in [0.25, 0.3) is 0 Å². The van der Waals surface area contributed by atoms with Gasteiger partial charge in [0.15, 0.2) is 0 Å². The molecule has 2 amide bonds. The number of likely N-dealkylation sites (tertiary alicyclic amines) is 1. The van der Waals surface area contributed by atoms with Crippen molar-refractivity contribution in [1.82, 2.24) is 10.2 Å². The Labute approximate surface area is 191 Å². The maximum Gasteiger partial charge on any atom is 0.339 e. The van der Waals surface area contributed by atoms with Crippen LogP contribution < -0.4 is 9.50 Å². The predicted molar refractivity (Wildman–Crippen MR) is 119 cm³/mol. The van der Waals surface area contributed by atoms with Crippen LogP contribution in [0.4, 0.5) is 5.69 Å². The van der Waals surface area contributed by atoms with Crippen molar-refractivity contribution in [3.63, 3.8) is 0 Å². The van der Waals surface area contributed by atoms with Crippen molar-refractivity contribution in [2.75, 3.05) is 19.6 Å². The minimum atomic E-state index is -4.29. The van der Waals surface area contributed by atoms with Gasteiger partial charge in [-0.05, 0) is 49.1 Å². The molecule has 1 unspecified atom stereocenters. The van der Waals surface area contributed by atoms with Gasteiger partial charge >= 0.3 is 10.1 Å². The van der Waals surface area contributed by atoms with Gasteiger partial charge in [-0.1, -0.05) is 13.0 Å². The summed E-state index contributed by atoms with van der Waals surface area (Å²) in [4.78, 5) is 36.2. The molecule has 1 heterocycles. The smallest absolute Gasteiger partial charge is 0.339 e. The molecule has 0 bridgehead atoms. The van der Waals surface area contributed by atoms with Gasteiger partial charge in [-0.2, -0.15) is 8.42 Å². The molecule has 0 aliphatic carbocycles. The molecule has 33 heavy (non-hydrogen) atoms. The molecule has 1 aliphatic heterocycles. The minimum absolute atomic E-state index is 0.0111. The largest absolute Gasteiger partial charge is 0.379 e. The Balaban J connectivity index is 1.54. The van der Waals surface area contributed by atoms with Crippen molar-refractivity contribution >= 4 is 27.6 Å². The van der Waals surface area contributed by atoms with E-state index in [0.717, 1.165) is 32.0 Å². The molecule has 0 radical (unpaired) electrons. The second kappa shape index (κ2) is 10.4. The maximum atomic E-state index is 12.4. The highest BCUT2D eigenvalue weighted by Gasteiger charge is 2.21. The molecule has 0 aromatic heterocycles. The number of nitrogens with zero attached hydrogens (tertiary/aromatic N) is 2. The number of carbonyl (C=O) groups excluding carboxylic acids is 2. The van der Waals surface area contributed by atoms with E-state index in [2.05, 4.69) is 12.2 Å². The van der Waals surface area contributed by atoms with Gasteiger partial charge in [0.1, 0.15) is 10.6 Å². The second-order valence-electron chi connectivity index (χ2n) is 7.91. The first-order valence-corrected chi connectivity index (χ1v) is 11.9. The summed E-state index contributed by atoms with van der Waals surface area (Å²) in [6, 6.07) is 9.92. The molecular formula is C22H25N3O7S. The third-order valence-electron chi connectivity index (χ3n) is 5.27. The molecule has 1 saturated heterocycles. The third-order valence-corrected chi connectivity index (χ3v) is 6.52. The number of non-ortho nitro benzene ring substituents is 1. The van der Waals surface area contributed by atoms with Crippen LogP contribution in [0.2, 0.25) is 0 Å². The molecule has 2 aromatic carbocycles. The number of piperidine rings is 1. The number of nitro benzene ring substituents is 1. The summed E-state index contributed by atoms with van der Waals surface area (Å²) >= 11 is 0. The molecule has 1 aliphatic rings. The molecule has 2 aromatic rings. The van der Waals surface area contributed by atoms with Gasteiger partial charge in [-0.3, -0.25) is 19.7 Å². The van der Waals surface area contributed by atoms with E-state index in [1.807, 2.05) is 4.90 Å². The fourth-order valence-corrected chi connectivity index (χ4v) is 4.52. The van der Waals surface area contributed by atoms with E-state index in [9.17, 15) is 28.1 Å². The summed E-state index contributed by atoms with van der Waals surface area (Å²) in [6.45, 7) is 3.80. The van der Waals surface area contributed by atoms with Crippen LogP contribution in [0.3, 0.4) is 0 Å². The Bertz CT molecular complexity index is 1130. The van der Waals surface area contributed by atoms with Crippen LogP contribution in [-0.2, 0) is 14.9 Å². The molecule has 11 heteroatoms. The monoisotopic (exact) mass is 475 g/mol. The lowest BCUT2D eigenvalue weighted by Crippen LogP contribution is -2.40. The van der Waals surface area contributed by atoms with Gasteiger partial charge in [0.05, 0.1) is 4.92 Å². The number of hydrogen-bond donors (Lipinski definition) is 1. The van der Waals surface area contributed by atoms with Gasteiger partial charge in [-0.15, -0.1) is 0 Å². The third kappa shape index (κ3) is 6.51. The Morgan fingerprint density at radius 1 is 1.21 bits per heavy atom. The minimum Gasteiger partial charge on any atom is -0.379 e. The fraction of sp³-hybridized carbons (Fsp3) is 0.364. The van der Waals surface area contributed by atoms with E-state index in [0.29, 0.717) is 5.92 Å². The second-order valence-corrected chi connectivity index (χ2v) is 9.46. The zero-order chi connectivity index (χ0) is 24.0. The summed E-state index contributed by atoms with van der Waals surface area (Å²) < 4.78 is 29.8. The highest BCUT2D eigenvalue weighted by molar-refractivity contribution is 7.87. The molecule has 1 atom stereocenters. The highest BCUT2D eigenvalue weighted by Crippen LogP contribution is 2.22. The first-order chi connectivity index (χ1) is 15.7. The maximum absolute atomic E-state index is 12.4. The van der Waals surface area contributed by atoms with Crippen LogP contribution in [0, 0.1) is 16.0 Å². The lowest BCUT2D eigenvalue weighted by molar-refractivity contribution is -0.385. The Morgan fingerprint density at radius 3 is 2.61 bits per heavy atom. The van der Waals surface area contributed by atoms with Crippen molar-refractivity contribution in [2.24, 2.45) is 5.92 Å². The van der Waals surface area contributed by atoms with Crippen LogP contribution in [-0.4, -0.2) is 49.7 Å². The normalized spacial score (nSPS) is 16.2. The van der Waals surface area contributed by atoms with Gasteiger partial charge in [0, 0.05) is 43.8 Å². The molecular weight excluding hydrogens is 450 g/mol. The summed E-state index contributed by atoms with van der Waals surface area (Å²) in [6.07, 6.45) is 2.32. The molecule has 10 nitrogen and oxygen atoms in total. The Morgan fingerprint density at radius 2 is 1.94 bits per heavy atom. The highest BCUT2D eigenvalue weighted by atomic mass is 32.2. The van der Waals surface area contributed by atoms with Gasteiger partial charge < -0.3 is 14.4 Å². The number of nitro groups is 1. The van der Waals surface area contributed by atoms with Crippen LogP contribution >= 0.6 is 0 Å². The number of amides is 2. The lowest BCUT2D eigenvalue weighted by atomic mass is 10.00. The number of rotatable bonds is 8. The standard InChI is InChI=1S/C22H25N3O7S/c1-16-4-3-13-24(15-16)21(26)11-12-23-22(27)17-7-9-19(10-8-17)32-33(30,31)20-6-2-5-18(14-20)25(28)29/h2,5-10,14,16H,3-4,11-13,15H2,1H3,(H,23,27). The number of nitrogens with one attached hydrogen (secondary N) is 1. The van der Waals surface area contributed by atoms with E-state index in [-0.39, 0.29) is 40.8 Å².